The lowest BCUT2D eigenvalue weighted by molar-refractivity contribution is -0.272. The van der Waals surface area contributed by atoms with Gasteiger partial charge in [-0.05, 0) is 105 Å². The second-order valence-corrected chi connectivity index (χ2v) is 16.1. The van der Waals surface area contributed by atoms with Crippen molar-refractivity contribution in [3.8, 4) is 0 Å². The van der Waals surface area contributed by atoms with Crippen molar-refractivity contribution in [1.29, 1.82) is 0 Å². The molecule has 2 heterocycles. The van der Waals surface area contributed by atoms with Crippen molar-refractivity contribution in [2.75, 3.05) is 6.61 Å². The van der Waals surface area contributed by atoms with Gasteiger partial charge in [-0.15, -0.1) is 6.58 Å². The van der Waals surface area contributed by atoms with Crippen molar-refractivity contribution < 1.29 is 19.0 Å². The molecule has 0 bridgehead atoms. The minimum absolute atomic E-state index is 0.0266. The Morgan fingerprint density at radius 3 is 2.57 bits per heavy atom. The summed E-state index contributed by atoms with van der Waals surface area (Å²) in [4.78, 5) is 12.7. The lowest BCUT2D eigenvalue weighted by atomic mass is 9.47. The van der Waals surface area contributed by atoms with Crippen molar-refractivity contribution in [2.45, 2.75) is 155 Å². The monoisotopic (exact) mass is 580 g/mol. The highest BCUT2D eigenvalue weighted by Crippen LogP contribution is 2.70. The Hall–Kier alpha value is -1.13. The molecule has 0 amide bonds. The van der Waals surface area contributed by atoms with E-state index in [0.717, 1.165) is 62.9 Å². The van der Waals surface area contributed by atoms with Crippen LogP contribution in [-0.2, 0) is 19.0 Å². The van der Waals surface area contributed by atoms with Crippen LogP contribution in [0.1, 0.15) is 137 Å². The smallest absolute Gasteiger partial charge is 0.306 e. The highest BCUT2D eigenvalue weighted by molar-refractivity contribution is 5.69. The number of ether oxygens (including phenoxy) is 3. The van der Waals surface area contributed by atoms with Crippen molar-refractivity contribution in [3.05, 3.63) is 24.3 Å². The summed E-state index contributed by atoms with van der Waals surface area (Å²) in [5.41, 5.74) is 2.23. The Morgan fingerprint density at radius 1 is 1.02 bits per heavy atom. The topological polar surface area (TPSA) is 44.8 Å². The van der Waals surface area contributed by atoms with Crippen LogP contribution in [0.4, 0.5) is 0 Å². The average Bonchev–Trinajstić information content (AvgIpc) is 3.41. The first kappa shape index (κ1) is 30.9. The summed E-state index contributed by atoms with van der Waals surface area (Å²) >= 11 is 0. The van der Waals surface area contributed by atoms with Gasteiger partial charge in [-0.3, -0.25) is 4.79 Å². The van der Waals surface area contributed by atoms with E-state index in [9.17, 15) is 4.79 Å². The molecule has 1 spiro atoms. The molecule has 4 heteroatoms. The van der Waals surface area contributed by atoms with Gasteiger partial charge in [0.25, 0.3) is 0 Å². The zero-order chi connectivity index (χ0) is 29.5. The van der Waals surface area contributed by atoms with Crippen LogP contribution in [-0.4, -0.2) is 30.6 Å². The largest absolute Gasteiger partial charge is 0.462 e. The lowest BCUT2D eigenvalue weighted by Crippen LogP contribution is -2.52. The molecule has 0 unspecified atom stereocenters. The van der Waals surface area contributed by atoms with E-state index >= 15 is 0 Å². The molecule has 11 atom stereocenters. The Balaban J connectivity index is 1.03. The maximum absolute atomic E-state index is 12.7. The molecule has 0 aromatic heterocycles. The van der Waals surface area contributed by atoms with Crippen LogP contribution in [0.3, 0.4) is 0 Å². The van der Waals surface area contributed by atoms with E-state index in [1.165, 1.54) is 64.2 Å². The number of allylic oxidation sites excluding steroid dienone is 2. The number of hydrogen-bond donors (Lipinski definition) is 0. The van der Waals surface area contributed by atoms with Crippen LogP contribution >= 0.6 is 0 Å². The fourth-order valence-corrected chi connectivity index (χ4v) is 11.3. The van der Waals surface area contributed by atoms with Gasteiger partial charge in [0, 0.05) is 25.2 Å². The quantitative estimate of drug-likeness (QED) is 0.147. The molecule has 236 valence electrons. The third-order valence-electron chi connectivity index (χ3n) is 13.7. The van der Waals surface area contributed by atoms with E-state index in [-0.39, 0.29) is 23.3 Å². The molecule has 4 nitrogen and oxygen atoms in total. The van der Waals surface area contributed by atoms with E-state index in [1.807, 2.05) is 6.08 Å². The van der Waals surface area contributed by atoms with Crippen molar-refractivity contribution in [1.82, 2.24) is 0 Å². The van der Waals surface area contributed by atoms with E-state index in [2.05, 4.69) is 40.3 Å². The number of fused-ring (bicyclic) bond motifs is 7. The summed E-state index contributed by atoms with van der Waals surface area (Å²) in [5.74, 6) is 3.74. The van der Waals surface area contributed by atoms with Crippen LogP contribution in [0.5, 0.6) is 0 Å². The molecular weight excluding hydrogens is 520 g/mol. The van der Waals surface area contributed by atoms with Crippen LogP contribution < -0.4 is 0 Å². The Morgan fingerprint density at radius 2 is 1.81 bits per heavy atom. The average molecular weight is 581 g/mol. The predicted molar refractivity (Wildman–Crippen MR) is 169 cm³/mol. The molecular formula is C38H60O4. The first-order chi connectivity index (χ1) is 20.2. The van der Waals surface area contributed by atoms with E-state index in [1.54, 1.807) is 5.57 Å². The van der Waals surface area contributed by atoms with Crippen LogP contribution in [0, 0.1) is 46.3 Å². The van der Waals surface area contributed by atoms with Gasteiger partial charge in [-0.25, -0.2) is 0 Å². The van der Waals surface area contributed by atoms with Crippen LogP contribution in [0.25, 0.3) is 0 Å². The van der Waals surface area contributed by atoms with Gasteiger partial charge >= 0.3 is 5.97 Å². The molecule has 4 aliphatic carbocycles. The van der Waals surface area contributed by atoms with Gasteiger partial charge in [0.05, 0.1) is 12.7 Å². The fourth-order valence-electron chi connectivity index (χ4n) is 11.3. The molecule has 2 aliphatic heterocycles. The Bertz CT molecular complexity index is 1010. The second-order valence-electron chi connectivity index (χ2n) is 16.1. The van der Waals surface area contributed by atoms with E-state index in [4.69, 9.17) is 14.2 Å². The molecule has 0 N–H and O–H groups in total. The van der Waals surface area contributed by atoms with Gasteiger partial charge in [0.15, 0.2) is 5.79 Å². The summed E-state index contributed by atoms with van der Waals surface area (Å²) in [7, 11) is 0. The van der Waals surface area contributed by atoms with Gasteiger partial charge in [0.2, 0.25) is 0 Å². The van der Waals surface area contributed by atoms with Gasteiger partial charge < -0.3 is 14.2 Å². The zero-order valence-corrected chi connectivity index (χ0v) is 27.3. The van der Waals surface area contributed by atoms with Crippen molar-refractivity contribution >= 4 is 5.97 Å². The fraction of sp³-hybridized carbons (Fsp3) is 0.868. The van der Waals surface area contributed by atoms with Crippen molar-refractivity contribution in [2.24, 2.45) is 46.3 Å². The highest BCUT2D eigenvalue weighted by Gasteiger charge is 2.68. The minimum Gasteiger partial charge on any atom is -0.462 e. The number of unbranched alkanes of at least 4 members (excludes halogenated alkanes) is 6. The summed E-state index contributed by atoms with van der Waals surface area (Å²) in [6.07, 6.45) is 24.4. The Labute approximate surface area is 256 Å². The number of esters is 1. The molecule has 3 saturated carbocycles. The molecule has 0 aromatic carbocycles. The standard InChI is InChI=1S/C38H60O4/c1-6-7-8-9-10-11-12-13-14-34(39)41-29-18-20-36(4)28(23-29)15-16-30-31(36)19-21-37(5)32(30)24-33-35(37)27(3)38(42-33)22-17-26(2)25-40-38/h6,15,26-27,29-33,35H,1,7-14,16-25H2,2-5H3/t26-,27+,29+,30-,31+,32+,33+,35+,36+,37+,38-/m1/s1. The maximum atomic E-state index is 12.7. The summed E-state index contributed by atoms with van der Waals surface area (Å²) in [6, 6.07) is 0. The van der Waals surface area contributed by atoms with E-state index < -0.39 is 0 Å². The summed E-state index contributed by atoms with van der Waals surface area (Å²) < 4.78 is 19.6. The number of hydrogen-bond acceptors (Lipinski definition) is 4. The third kappa shape index (κ3) is 5.48. The van der Waals surface area contributed by atoms with Crippen LogP contribution in [0.2, 0.25) is 0 Å². The lowest BCUT2D eigenvalue weighted by Gasteiger charge is -2.58. The predicted octanol–water partition coefficient (Wildman–Crippen LogP) is 9.57. The highest BCUT2D eigenvalue weighted by atomic mass is 16.7. The molecule has 5 fully saturated rings. The summed E-state index contributed by atoms with van der Waals surface area (Å²) in [5, 5.41) is 0. The molecule has 0 aromatic rings. The number of carbonyl (C=O) groups excluding carboxylic acids is 1. The maximum Gasteiger partial charge on any atom is 0.306 e. The zero-order valence-electron chi connectivity index (χ0n) is 27.3. The van der Waals surface area contributed by atoms with Gasteiger partial charge in [-0.2, -0.15) is 0 Å². The number of carbonyl (C=O) groups is 1. The minimum atomic E-state index is -0.320. The van der Waals surface area contributed by atoms with E-state index in [0.29, 0.717) is 35.7 Å². The summed E-state index contributed by atoms with van der Waals surface area (Å²) in [6.45, 7) is 14.6. The first-order valence-corrected chi connectivity index (χ1v) is 18.0. The Kier molecular flexibility index (Phi) is 9.07. The molecule has 2 saturated heterocycles. The third-order valence-corrected chi connectivity index (χ3v) is 13.7. The number of rotatable bonds is 10. The SMILES string of the molecule is C=CCCCCCCCCC(=O)O[C@H]1CC[C@@]2(C)C(=CC[C@H]3[C@@H]4C[C@@H]5O[C@]6(CC[C@@H](C)CO6)[C@@H](C)[C@@H]5[C@@]4(C)CC[C@@H]32)C1. The normalized spacial score (nSPS) is 45.9. The van der Waals surface area contributed by atoms with Gasteiger partial charge in [-0.1, -0.05) is 71.1 Å². The van der Waals surface area contributed by atoms with Crippen molar-refractivity contribution in [3.63, 3.8) is 0 Å². The molecule has 6 aliphatic rings. The van der Waals surface area contributed by atoms with Crippen LogP contribution in [0.15, 0.2) is 24.3 Å². The molecule has 6 rings (SSSR count). The molecule has 0 radical (unpaired) electrons. The first-order valence-electron chi connectivity index (χ1n) is 18.0. The van der Waals surface area contributed by atoms with Gasteiger partial charge in [0.1, 0.15) is 6.10 Å². The second kappa shape index (κ2) is 12.3. The molecule has 42 heavy (non-hydrogen) atoms.